The summed E-state index contributed by atoms with van der Waals surface area (Å²) in [4.78, 5) is 10.9. The van der Waals surface area contributed by atoms with Gasteiger partial charge in [0.1, 0.15) is 0 Å². The van der Waals surface area contributed by atoms with Crippen LogP contribution in [-0.2, 0) is 4.79 Å². The average Bonchev–Trinajstić information content (AvgIpc) is 2.30. The molecule has 0 saturated heterocycles. The summed E-state index contributed by atoms with van der Waals surface area (Å²) in [5, 5.41) is 0.707. The van der Waals surface area contributed by atoms with Crippen LogP contribution in [0.5, 0.6) is 0 Å². The van der Waals surface area contributed by atoms with E-state index in [1.54, 1.807) is 24.3 Å². The molecule has 0 radical (unpaired) electrons. The van der Waals surface area contributed by atoms with E-state index in [0.717, 1.165) is 5.56 Å². The van der Waals surface area contributed by atoms with E-state index < -0.39 is 0 Å². The maximum absolute atomic E-state index is 10.9. The normalized spacial score (nSPS) is 9.60. The molecule has 0 spiro atoms. The molecule has 0 N–H and O–H groups in total. The Kier molecular flexibility index (Phi) is 7.65. The Hall–Kier alpha value is -1.08. The van der Waals surface area contributed by atoms with Gasteiger partial charge in [-0.3, -0.25) is 4.79 Å². The highest BCUT2D eigenvalue weighted by molar-refractivity contribution is 6.30. The summed E-state index contributed by atoms with van der Waals surface area (Å²) in [5.41, 5.74) is 0.992. The molecule has 1 aromatic carbocycles. The van der Waals surface area contributed by atoms with Gasteiger partial charge in [0.2, 0.25) is 0 Å². The van der Waals surface area contributed by atoms with Crippen LogP contribution in [0.2, 0.25) is 5.02 Å². The van der Waals surface area contributed by atoms with Crippen molar-refractivity contribution in [1.82, 2.24) is 0 Å². The lowest BCUT2D eigenvalue weighted by atomic mass is 10.2. The van der Waals surface area contributed by atoms with Gasteiger partial charge in [-0.15, -0.1) is 0 Å². The highest BCUT2D eigenvalue weighted by Gasteiger charge is 1.90. The summed E-state index contributed by atoms with van der Waals surface area (Å²) in [7, 11) is 0. The van der Waals surface area contributed by atoms with Crippen LogP contribution in [-0.4, -0.2) is 5.78 Å². The van der Waals surface area contributed by atoms with Crippen LogP contribution in [0.25, 0.3) is 6.08 Å². The zero-order chi connectivity index (χ0) is 11.7. The first-order chi connectivity index (χ1) is 7.22. The number of halogens is 1. The highest BCUT2D eigenvalue weighted by atomic mass is 35.5. The second-order valence-corrected chi connectivity index (χ2v) is 3.14. The quantitative estimate of drug-likeness (QED) is 0.698. The van der Waals surface area contributed by atoms with Gasteiger partial charge in [-0.05, 0) is 23.8 Å². The largest absolute Gasteiger partial charge is 0.295 e. The number of hydrogen-bond donors (Lipinski definition) is 0. The average molecular weight is 225 g/mol. The van der Waals surface area contributed by atoms with Gasteiger partial charge in [0.05, 0.1) is 0 Å². The summed E-state index contributed by atoms with van der Waals surface area (Å²) >= 11 is 5.71. The van der Waals surface area contributed by atoms with E-state index in [4.69, 9.17) is 11.6 Å². The molecule has 0 aliphatic heterocycles. The molecule has 15 heavy (non-hydrogen) atoms. The van der Waals surface area contributed by atoms with Gasteiger partial charge in [0.25, 0.3) is 0 Å². The fourth-order valence-corrected chi connectivity index (χ4v) is 1.01. The van der Waals surface area contributed by atoms with E-state index >= 15 is 0 Å². The minimum atomic E-state index is 0.134. The van der Waals surface area contributed by atoms with Crippen molar-refractivity contribution in [3.8, 4) is 0 Å². The van der Waals surface area contributed by atoms with Crippen molar-refractivity contribution in [2.24, 2.45) is 0 Å². The second kappa shape index (κ2) is 8.25. The Morgan fingerprint density at radius 1 is 1.27 bits per heavy atom. The SMILES string of the molecule is CC.CCC(=O)/C=C/c1ccc(Cl)cc1. The molecule has 0 bridgehead atoms. The van der Waals surface area contributed by atoms with E-state index in [1.807, 2.05) is 32.9 Å². The molecule has 0 unspecified atom stereocenters. The van der Waals surface area contributed by atoms with Crippen LogP contribution in [0.4, 0.5) is 0 Å². The molecule has 1 rings (SSSR count). The third-order valence-electron chi connectivity index (χ3n) is 1.68. The van der Waals surface area contributed by atoms with Gasteiger partial charge in [0, 0.05) is 11.4 Å². The van der Waals surface area contributed by atoms with Crippen molar-refractivity contribution >= 4 is 23.5 Å². The fourth-order valence-electron chi connectivity index (χ4n) is 0.881. The number of hydrogen-bond acceptors (Lipinski definition) is 1. The van der Waals surface area contributed by atoms with E-state index in [1.165, 1.54) is 0 Å². The predicted octanol–water partition coefficient (Wildman–Crippen LogP) is 4.36. The topological polar surface area (TPSA) is 17.1 Å². The van der Waals surface area contributed by atoms with Gasteiger partial charge in [-0.1, -0.05) is 50.6 Å². The van der Waals surface area contributed by atoms with Gasteiger partial charge in [0.15, 0.2) is 5.78 Å². The van der Waals surface area contributed by atoms with Gasteiger partial charge >= 0.3 is 0 Å². The molecule has 82 valence electrons. The number of carbonyl (C=O) groups excluding carboxylic acids is 1. The van der Waals surface area contributed by atoms with Crippen LogP contribution in [0.3, 0.4) is 0 Å². The molecule has 0 aliphatic carbocycles. The number of rotatable bonds is 3. The Balaban J connectivity index is 0.000000921. The molecule has 0 fully saturated rings. The van der Waals surface area contributed by atoms with Crippen molar-refractivity contribution < 1.29 is 4.79 Å². The third-order valence-corrected chi connectivity index (χ3v) is 1.93. The van der Waals surface area contributed by atoms with E-state index in [2.05, 4.69) is 0 Å². The summed E-state index contributed by atoms with van der Waals surface area (Å²) < 4.78 is 0. The molecule has 0 amide bonds. The molecular weight excluding hydrogens is 208 g/mol. The molecule has 0 aromatic heterocycles. The van der Waals surface area contributed by atoms with Crippen LogP contribution in [0.15, 0.2) is 30.3 Å². The van der Waals surface area contributed by atoms with Gasteiger partial charge in [-0.2, -0.15) is 0 Å². The summed E-state index contributed by atoms with van der Waals surface area (Å²) in [6, 6.07) is 7.36. The summed E-state index contributed by atoms with van der Waals surface area (Å²) in [6.45, 7) is 5.84. The highest BCUT2D eigenvalue weighted by Crippen LogP contribution is 2.10. The molecule has 1 nitrogen and oxygen atoms in total. The van der Waals surface area contributed by atoms with Crippen LogP contribution >= 0.6 is 11.6 Å². The van der Waals surface area contributed by atoms with Crippen LogP contribution in [0.1, 0.15) is 32.8 Å². The smallest absolute Gasteiger partial charge is 0.155 e. The van der Waals surface area contributed by atoms with Crippen molar-refractivity contribution in [3.05, 3.63) is 40.9 Å². The minimum absolute atomic E-state index is 0.134. The lowest BCUT2D eigenvalue weighted by Crippen LogP contribution is -1.86. The zero-order valence-corrected chi connectivity index (χ0v) is 10.2. The second-order valence-electron chi connectivity index (χ2n) is 2.70. The molecular formula is C13H17ClO. The fraction of sp³-hybridized carbons (Fsp3) is 0.308. The first-order valence-corrected chi connectivity index (χ1v) is 5.56. The summed E-state index contributed by atoms with van der Waals surface area (Å²) in [5.74, 6) is 0.134. The molecule has 0 heterocycles. The Morgan fingerprint density at radius 3 is 2.27 bits per heavy atom. The number of allylic oxidation sites excluding steroid dienone is 1. The van der Waals surface area contributed by atoms with Crippen molar-refractivity contribution in [3.63, 3.8) is 0 Å². The Morgan fingerprint density at radius 2 is 1.80 bits per heavy atom. The standard InChI is InChI=1S/C11H11ClO.C2H6/c1-2-11(13)8-5-9-3-6-10(12)7-4-9;1-2/h3-8H,2H2,1H3;1-2H3/b8-5+;. The number of carbonyl (C=O) groups is 1. The van der Waals surface area contributed by atoms with Crippen LogP contribution < -0.4 is 0 Å². The molecule has 0 saturated carbocycles. The lowest BCUT2D eigenvalue weighted by Gasteiger charge is -1.92. The maximum atomic E-state index is 10.9. The monoisotopic (exact) mass is 224 g/mol. The van der Waals surface area contributed by atoms with E-state index in [9.17, 15) is 4.79 Å². The number of ketones is 1. The molecule has 2 heteroatoms. The Labute approximate surface area is 96.8 Å². The van der Waals surface area contributed by atoms with Crippen molar-refractivity contribution in [2.75, 3.05) is 0 Å². The maximum Gasteiger partial charge on any atom is 0.155 e. The molecule has 1 aromatic rings. The number of benzene rings is 1. The molecule has 0 aliphatic rings. The van der Waals surface area contributed by atoms with Crippen molar-refractivity contribution in [2.45, 2.75) is 27.2 Å². The van der Waals surface area contributed by atoms with Gasteiger partial charge in [-0.25, -0.2) is 0 Å². The minimum Gasteiger partial charge on any atom is -0.295 e. The summed E-state index contributed by atoms with van der Waals surface area (Å²) in [6.07, 6.45) is 3.93. The van der Waals surface area contributed by atoms with Gasteiger partial charge < -0.3 is 0 Å². The van der Waals surface area contributed by atoms with E-state index in [0.29, 0.717) is 11.4 Å². The van der Waals surface area contributed by atoms with E-state index in [-0.39, 0.29) is 5.78 Å². The van der Waals surface area contributed by atoms with Crippen molar-refractivity contribution in [1.29, 1.82) is 0 Å². The van der Waals surface area contributed by atoms with Crippen LogP contribution in [0, 0.1) is 0 Å². The zero-order valence-electron chi connectivity index (χ0n) is 9.46. The molecule has 0 atom stereocenters. The third kappa shape index (κ3) is 6.08. The first-order valence-electron chi connectivity index (χ1n) is 5.19. The first kappa shape index (κ1) is 13.9. The predicted molar refractivity (Wildman–Crippen MR) is 67.1 cm³/mol. The Bertz CT molecular complexity index is 312. The lowest BCUT2D eigenvalue weighted by molar-refractivity contribution is -0.114.